The zero-order valence-corrected chi connectivity index (χ0v) is 25.9. The molecule has 14 atom stereocenters. The Morgan fingerprint density at radius 1 is 1.05 bits per heavy atom. The molecule has 1 heterocycles. The third-order valence-electron chi connectivity index (χ3n) is 12.9. The Morgan fingerprint density at radius 2 is 1.81 bits per heavy atom. The van der Waals surface area contributed by atoms with Gasteiger partial charge in [0.1, 0.15) is 6.10 Å². The van der Waals surface area contributed by atoms with Crippen LogP contribution in [0.5, 0.6) is 0 Å². The van der Waals surface area contributed by atoms with Crippen molar-refractivity contribution in [3.05, 3.63) is 42.0 Å². The summed E-state index contributed by atoms with van der Waals surface area (Å²) in [4.78, 5) is 15.9. The van der Waals surface area contributed by atoms with E-state index in [9.17, 15) is 15.0 Å². The molecule has 0 aromatic heterocycles. The van der Waals surface area contributed by atoms with Crippen molar-refractivity contribution >= 4 is 12.0 Å². The molecular formula is C34H47NO8. The number of piperidine rings is 1. The lowest BCUT2D eigenvalue weighted by atomic mass is 9.42. The van der Waals surface area contributed by atoms with Crippen LogP contribution < -0.4 is 0 Å². The highest BCUT2D eigenvalue weighted by molar-refractivity contribution is 5.87. The number of aliphatic hydroxyl groups is 2. The Balaban J connectivity index is 1.37. The molecule has 236 valence electrons. The number of hydrogen-bond acceptors (Lipinski definition) is 9. The quantitative estimate of drug-likeness (QED) is 0.328. The van der Waals surface area contributed by atoms with Crippen molar-refractivity contribution < 1.29 is 38.7 Å². The molecule has 0 amide bonds. The summed E-state index contributed by atoms with van der Waals surface area (Å²) < 4.78 is 31.2. The van der Waals surface area contributed by atoms with E-state index in [-0.39, 0.29) is 53.9 Å². The number of rotatable bonds is 9. The molecular weight excluding hydrogens is 550 g/mol. The minimum absolute atomic E-state index is 0.00943. The number of nitrogens with zero attached hydrogens (tertiary/aromatic N) is 1. The molecule has 1 spiro atoms. The maximum Gasteiger partial charge on any atom is 0.331 e. The van der Waals surface area contributed by atoms with Gasteiger partial charge in [-0.3, -0.25) is 4.90 Å². The van der Waals surface area contributed by atoms with Gasteiger partial charge in [0, 0.05) is 94.4 Å². The SMILES string of the molecule is CCN1CC2(COC)C(O)CC(OC)C34C5CC6C(OC)CC(O)(C5C6OC(=O)C=Cc5ccccc5)C(C(OC)C23)C14. The summed E-state index contributed by atoms with van der Waals surface area (Å²) in [6.07, 6.45) is 2.98. The average molecular weight is 598 g/mol. The van der Waals surface area contributed by atoms with E-state index < -0.39 is 34.6 Å². The second-order valence-corrected chi connectivity index (χ2v) is 14.0. The van der Waals surface area contributed by atoms with Crippen LogP contribution in [0, 0.1) is 40.4 Å². The molecule has 1 aromatic rings. The van der Waals surface area contributed by atoms with Crippen molar-refractivity contribution in [2.24, 2.45) is 40.4 Å². The van der Waals surface area contributed by atoms with Crippen molar-refractivity contribution in [2.45, 2.75) is 68.3 Å². The molecule has 1 aromatic carbocycles. The Morgan fingerprint density at radius 3 is 2.47 bits per heavy atom. The normalized spacial score (nSPS) is 49.4. The maximum atomic E-state index is 13.4. The maximum absolute atomic E-state index is 13.4. The number of ether oxygens (including phenoxy) is 5. The van der Waals surface area contributed by atoms with Crippen LogP contribution in [0.2, 0.25) is 0 Å². The van der Waals surface area contributed by atoms with Crippen LogP contribution in [-0.4, -0.2) is 111 Å². The van der Waals surface area contributed by atoms with Crippen molar-refractivity contribution in [3.8, 4) is 0 Å². The Kier molecular flexibility index (Phi) is 7.36. The van der Waals surface area contributed by atoms with Crippen LogP contribution in [-0.2, 0) is 28.5 Å². The molecule has 1 aliphatic heterocycles. The topological polar surface area (TPSA) is 107 Å². The Bertz CT molecular complexity index is 1240. The first kappa shape index (κ1) is 29.8. The van der Waals surface area contributed by atoms with Crippen molar-refractivity contribution in [2.75, 3.05) is 48.1 Å². The zero-order valence-electron chi connectivity index (χ0n) is 25.9. The predicted octanol–water partition coefficient (Wildman–Crippen LogP) is 2.39. The number of hydrogen-bond donors (Lipinski definition) is 2. The number of likely N-dealkylation sites (tertiary alicyclic amines) is 1. The van der Waals surface area contributed by atoms with Gasteiger partial charge < -0.3 is 33.9 Å². The van der Waals surface area contributed by atoms with E-state index in [1.165, 1.54) is 6.08 Å². The van der Waals surface area contributed by atoms with E-state index in [4.69, 9.17) is 23.7 Å². The van der Waals surface area contributed by atoms with Crippen molar-refractivity contribution in [3.63, 3.8) is 0 Å². The van der Waals surface area contributed by atoms with Crippen LogP contribution in [0.15, 0.2) is 36.4 Å². The molecule has 5 aliphatic carbocycles. The summed E-state index contributed by atoms with van der Waals surface area (Å²) in [5, 5.41) is 25.1. The van der Waals surface area contributed by atoms with Gasteiger partial charge >= 0.3 is 5.97 Å². The number of aliphatic hydroxyl groups excluding tert-OH is 1. The summed E-state index contributed by atoms with van der Waals surface area (Å²) in [7, 11) is 6.90. The van der Waals surface area contributed by atoms with Gasteiger partial charge in [0.05, 0.1) is 36.6 Å². The lowest BCUT2D eigenvalue weighted by Gasteiger charge is -2.70. The molecule has 7 bridgehead atoms. The van der Waals surface area contributed by atoms with Gasteiger partial charge in [-0.05, 0) is 30.5 Å². The molecule has 7 rings (SSSR count). The van der Waals surface area contributed by atoms with E-state index in [0.29, 0.717) is 26.0 Å². The smallest absolute Gasteiger partial charge is 0.331 e. The van der Waals surface area contributed by atoms with Gasteiger partial charge in [-0.25, -0.2) is 4.79 Å². The van der Waals surface area contributed by atoms with Gasteiger partial charge in [0.15, 0.2) is 0 Å². The molecule has 1 saturated heterocycles. The number of methoxy groups -OCH3 is 4. The minimum Gasteiger partial charge on any atom is -0.458 e. The molecule has 6 aliphatic rings. The Hall–Kier alpha value is -1.85. The molecule has 6 fully saturated rings. The van der Waals surface area contributed by atoms with Crippen LogP contribution in [0.3, 0.4) is 0 Å². The summed E-state index contributed by atoms with van der Waals surface area (Å²) >= 11 is 0. The van der Waals surface area contributed by atoms with Crippen LogP contribution in [0.25, 0.3) is 6.08 Å². The van der Waals surface area contributed by atoms with Crippen LogP contribution in [0.1, 0.15) is 31.7 Å². The first-order chi connectivity index (χ1) is 20.8. The molecule has 2 N–H and O–H groups in total. The standard InChI is InChI=1S/C34H47NO8/c1-6-35-17-32(18-39-2)23(36)15-24(41-4)34-21-14-20-22(40-3)16-33(38,27(31(34)35)29(42-5)30(32)34)26(21)28(20)43-25(37)13-12-19-10-8-7-9-11-19/h7-13,20-24,26-31,36,38H,6,14-18H2,1-5H3. The number of esters is 1. The van der Waals surface area contributed by atoms with E-state index in [2.05, 4.69) is 11.8 Å². The highest BCUT2D eigenvalue weighted by Gasteiger charge is 2.87. The second kappa shape index (κ2) is 10.6. The van der Waals surface area contributed by atoms with E-state index in [1.54, 1.807) is 34.5 Å². The molecule has 5 saturated carbocycles. The second-order valence-electron chi connectivity index (χ2n) is 14.0. The van der Waals surface area contributed by atoms with E-state index in [0.717, 1.165) is 18.5 Å². The molecule has 9 nitrogen and oxygen atoms in total. The van der Waals surface area contributed by atoms with Gasteiger partial charge in [-0.2, -0.15) is 0 Å². The van der Waals surface area contributed by atoms with Gasteiger partial charge in [0.2, 0.25) is 0 Å². The van der Waals surface area contributed by atoms with Gasteiger partial charge in [0.25, 0.3) is 0 Å². The zero-order chi connectivity index (χ0) is 30.3. The van der Waals surface area contributed by atoms with Crippen LogP contribution >= 0.6 is 0 Å². The number of fused-ring (bicyclic) bond motifs is 2. The fourth-order valence-electron chi connectivity index (χ4n) is 12.0. The minimum atomic E-state index is -1.19. The van der Waals surface area contributed by atoms with Gasteiger partial charge in [-0.15, -0.1) is 0 Å². The number of benzene rings is 1. The van der Waals surface area contributed by atoms with E-state index >= 15 is 0 Å². The summed E-state index contributed by atoms with van der Waals surface area (Å²) in [5.41, 5.74) is -1.28. The van der Waals surface area contributed by atoms with Crippen molar-refractivity contribution in [1.82, 2.24) is 4.90 Å². The van der Waals surface area contributed by atoms with Gasteiger partial charge in [-0.1, -0.05) is 37.3 Å². The lowest BCUT2D eigenvalue weighted by Crippen LogP contribution is -2.78. The van der Waals surface area contributed by atoms with Crippen LogP contribution in [0.4, 0.5) is 0 Å². The first-order valence-electron chi connectivity index (χ1n) is 15.9. The average Bonchev–Trinajstić information content (AvgIpc) is 3.44. The Labute approximate surface area is 254 Å². The predicted molar refractivity (Wildman–Crippen MR) is 158 cm³/mol. The highest BCUT2D eigenvalue weighted by atomic mass is 16.6. The highest BCUT2D eigenvalue weighted by Crippen LogP contribution is 2.79. The number of carbonyl (C=O) groups is 1. The van der Waals surface area contributed by atoms with Crippen molar-refractivity contribution in [1.29, 1.82) is 0 Å². The molecule has 9 heteroatoms. The monoisotopic (exact) mass is 597 g/mol. The third-order valence-corrected chi connectivity index (χ3v) is 12.9. The fourth-order valence-corrected chi connectivity index (χ4v) is 12.0. The lowest BCUT2D eigenvalue weighted by molar-refractivity contribution is -0.296. The van der Waals surface area contributed by atoms with E-state index in [1.807, 2.05) is 30.3 Å². The summed E-state index contributed by atoms with van der Waals surface area (Å²) in [6.45, 7) is 4.01. The summed E-state index contributed by atoms with van der Waals surface area (Å²) in [5.74, 6) is -1.15. The molecule has 43 heavy (non-hydrogen) atoms. The molecule has 14 unspecified atom stereocenters. The first-order valence-corrected chi connectivity index (χ1v) is 15.9. The number of carbonyl (C=O) groups excluding carboxylic acids is 1. The molecule has 0 radical (unpaired) electrons. The third kappa shape index (κ3) is 3.73. The largest absolute Gasteiger partial charge is 0.458 e. The fraction of sp³-hybridized carbons (Fsp3) is 0.735. The summed E-state index contributed by atoms with van der Waals surface area (Å²) in [6, 6.07) is 9.68.